The minimum atomic E-state index is -0.244. The summed E-state index contributed by atoms with van der Waals surface area (Å²) in [6, 6.07) is 16.3. The monoisotopic (exact) mass is 628 g/mol. The molecule has 3 aliphatic rings. The van der Waals surface area contributed by atoms with Crippen molar-refractivity contribution in [1.82, 2.24) is 15.3 Å². The van der Waals surface area contributed by atoms with E-state index in [4.69, 9.17) is 5.73 Å². The number of hydrogen-bond acceptors (Lipinski definition) is 6. The van der Waals surface area contributed by atoms with Crippen molar-refractivity contribution in [1.29, 1.82) is 0 Å². The molecule has 3 saturated carbocycles. The van der Waals surface area contributed by atoms with Crippen molar-refractivity contribution in [2.45, 2.75) is 96.2 Å². The first kappa shape index (κ1) is 31.2. The molecule has 0 radical (unpaired) electrons. The van der Waals surface area contributed by atoms with Gasteiger partial charge in [0.15, 0.2) is 0 Å². The lowest BCUT2D eigenvalue weighted by Crippen LogP contribution is -2.26. The van der Waals surface area contributed by atoms with E-state index in [-0.39, 0.29) is 11.8 Å². The highest BCUT2D eigenvalue weighted by Crippen LogP contribution is 2.43. The number of nitrogens with zero attached hydrogens (tertiary/aromatic N) is 2. The summed E-state index contributed by atoms with van der Waals surface area (Å²) in [6.45, 7) is 5.24. The molecule has 0 bridgehead atoms. The summed E-state index contributed by atoms with van der Waals surface area (Å²) in [4.78, 5) is 35.9. The van der Waals surface area contributed by atoms with Crippen molar-refractivity contribution in [3.05, 3.63) is 106 Å². The van der Waals surface area contributed by atoms with Crippen molar-refractivity contribution >= 4 is 23.2 Å². The van der Waals surface area contributed by atoms with E-state index in [2.05, 4.69) is 25.9 Å². The summed E-state index contributed by atoms with van der Waals surface area (Å²) in [5, 5.41) is 9.92. The van der Waals surface area contributed by atoms with Gasteiger partial charge < -0.3 is 21.7 Å². The van der Waals surface area contributed by atoms with Gasteiger partial charge in [0.1, 0.15) is 11.4 Å². The number of rotatable bonds is 11. The second-order valence-corrected chi connectivity index (χ2v) is 13.5. The fourth-order valence-electron chi connectivity index (χ4n) is 7.00. The highest BCUT2D eigenvalue weighted by Gasteiger charge is 2.29. The summed E-state index contributed by atoms with van der Waals surface area (Å²) in [7, 11) is 0. The van der Waals surface area contributed by atoms with Gasteiger partial charge in [-0.3, -0.25) is 19.6 Å². The van der Waals surface area contributed by atoms with Crippen molar-refractivity contribution in [2.24, 2.45) is 5.73 Å². The van der Waals surface area contributed by atoms with Crippen LogP contribution in [-0.2, 0) is 13.1 Å². The molecule has 0 aliphatic heterocycles. The Morgan fingerprint density at radius 2 is 1.21 bits per heavy atom. The van der Waals surface area contributed by atoms with Gasteiger partial charge in [-0.15, -0.1) is 0 Å². The van der Waals surface area contributed by atoms with Crippen LogP contribution in [0.25, 0.3) is 11.1 Å². The third kappa shape index (κ3) is 6.85. The smallest absolute Gasteiger partial charge is 0.274 e. The Kier molecular flexibility index (Phi) is 8.88. The van der Waals surface area contributed by atoms with Crippen LogP contribution in [0, 0.1) is 13.8 Å². The van der Waals surface area contributed by atoms with Crippen LogP contribution < -0.4 is 21.7 Å². The molecule has 3 fully saturated rings. The number of hydrogen-bond donors (Lipinski definition) is 4. The molecular formula is C39H44N6O2. The predicted octanol–water partition coefficient (Wildman–Crippen LogP) is 7.51. The number of carbonyl (C=O) groups is 2. The molecule has 47 heavy (non-hydrogen) atoms. The number of benzene rings is 2. The highest BCUT2D eigenvalue weighted by atomic mass is 16.2. The fourth-order valence-corrected chi connectivity index (χ4v) is 7.00. The maximum absolute atomic E-state index is 13.5. The Balaban J connectivity index is 1.08. The van der Waals surface area contributed by atoms with Crippen LogP contribution in [0.1, 0.15) is 118 Å². The quantitative estimate of drug-likeness (QED) is 0.136. The molecule has 7 rings (SSSR count). The molecule has 3 aliphatic carbocycles. The Hall–Kier alpha value is -4.40. The molecule has 8 heteroatoms. The lowest BCUT2D eigenvalue weighted by Gasteiger charge is -2.17. The molecule has 8 nitrogen and oxygen atoms in total. The number of pyridine rings is 2. The van der Waals surface area contributed by atoms with E-state index >= 15 is 0 Å². The molecular weight excluding hydrogens is 584 g/mol. The van der Waals surface area contributed by atoms with E-state index < -0.39 is 0 Å². The van der Waals surface area contributed by atoms with Crippen molar-refractivity contribution in [2.75, 3.05) is 10.6 Å². The van der Waals surface area contributed by atoms with Crippen molar-refractivity contribution < 1.29 is 9.59 Å². The van der Waals surface area contributed by atoms with Crippen LogP contribution in [-0.4, -0.2) is 27.8 Å². The largest absolute Gasteiger partial charge is 0.326 e. The van der Waals surface area contributed by atoms with E-state index in [0.29, 0.717) is 35.8 Å². The molecule has 0 spiro atoms. The summed E-state index contributed by atoms with van der Waals surface area (Å²) in [6.07, 6.45) is 13.3. The van der Waals surface area contributed by atoms with E-state index in [1.54, 1.807) is 6.20 Å². The standard InChI is InChI=1S/C39H44N6O2/c1-23-30(9-5-11-34(23)44-38(46)36-17-32(25-13-14-25)27(19-40)20-42-36)31-10-6-12-35(24(31)2)45-39(47)37-18-33(26-15-16-26)28(22-43-37)21-41-29-7-3-4-8-29/h5-6,9-12,17-18,20,22,25-26,29,41H,3-4,7-8,13-16,19,21,40H2,1-2H3,(H,44,46)(H,45,47). The predicted molar refractivity (Wildman–Crippen MR) is 187 cm³/mol. The van der Waals surface area contributed by atoms with Gasteiger partial charge in [-0.25, -0.2) is 0 Å². The zero-order chi connectivity index (χ0) is 32.5. The van der Waals surface area contributed by atoms with Gasteiger partial charge in [0.2, 0.25) is 0 Å². The Labute approximate surface area is 277 Å². The molecule has 0 saturated heterocycles. The molecule has 2 amide bonds. The molecule has 0 atom stereocenters. The van der Waals surface area contributed by atoms with Crippen LogP contribution in [0.3, 0.4) is 0 Å². The zero-order valence-corrected chi connectivity index (χ0v) is 27.4. The molecule has 2 aromatic carbocycles. The Morgan fingerprint density at radius 1 is 0.723 bits per heavy atom. The number of carbonyl (C=O) groups excluding carboxylic acids is 2. The number of nitrogens with two attached hydrogens (primary N) is 1. The summed E-state index contributed by atoms with van der Waals surface area (Å²) < 4.78 is 0. The van der Waals surface area contributed by atoms with E-state index in [9.17, 15) is 9.59 Å². The SMILES string of the molecule is Cc1c(NC(=O)c2cc(C3CC3)c(CN)cn2)cccc1-c1cccc(NC(=O)c2cc(C3CC3)c(CNC3CCCC3)cn2)c1C. The van der Waals surface area contributed by atoms with Gasteiger partial charge in [0.05, 0.1) is 0 Å². The summed E-state index contributed by atoms with van der Waals surface area (Å²) >= 11 is 0. The average Bonchev–Trinajstić information content (AvgIpc) is 4.04. The number of anilines is 2. The van der Waals surface area contributed by atoms with Gasteiger partial charge in [0.25, 0.3) is 11.8 Å². The zero-order valence-electron chi connectivity index (χ0n) is 27.4. The van der Waals surface area contributed by atoms with Gasteiger partial charge in [-0.05, 0) is 133 Å². The van der Waals surface area contributed by atoms with Crippen LogP contribution in [0.15, 0.2) is 60.9 Å². The maximum Gasteiger partial charge on any atom is 0.274 e. The van der Waals surface area contributed by atoms with E-state index in [1.165, 1.54) is 49.7 Å². The maximum atomic E-state index is 13.5. The van der Waals surface area contributed by atoms with Gasteiger partial charge in [-0.2, -0.15) is 0 Å². The second-order valence-electron chi connectivity index (χ2n) is 13.5. The van der Waals surface area contributed by atoms with Gasteiger partial charge in [0, 0.05) is 42.9 Å². The number of nitrogens with one attached hydrogen (secondary N) is 3. The van der Waals surface area contributed by atoms with E-state index in [0.717, 1.165) is 64.1 Å². The van der Waals surface area contributed by atoms with Gasteiger partial charge in [-0.1, -0.05) is 37.1 Å². The molecule has 242 valence electrons. The van der Waals surface area contributed by atoms with Crippen LogP contribution in [0.2, 0.25) is 0 Å². The Morgan fingerprint density at radius 3 is 1.70 bits per heavy atom. The topological polar surface area (TPSA) is 122 Å². The first-order valence-corrected chi connectivity index (χ1v) is 17.1. The molecule has 2 aromatic heterocycles. The minimum Gasteiger partial charge on any atom is -0.326 e. The van der Waals surface area contributed by atoms with Crippen LogP contribution in [0.5, 0.6) is 0 Å². The lowest BCUT2D eigenvalue weighted by molar-refractivity contribution is 0.101. The normalized spacial score (nSPS) is 16.3. The van der Waals surface area contributed by atoms with Crippen LogP contribution in [0.4, 0.5) is 11.4 Å². The Bertz CT molecular complexity index is 1820. The van der Waals surface area contributed by atoms with Crippen molar-refractivity contribution in [3.8, 4) is 11.1 Å². The fraction of sp³-hybridized carbons (Fsp3) is 0.385. The summed E-state index contributed by atoms with van der Waals surface area (Å²) in [5.41, 5.74) is 16.7. The molecule has 2 heterocycles. The second kappa shape index (κ2) is 13.4. The first-order chi connectivity index (χ1) is 22.9. The molecule has 0 unspecified atom stereocenters. The highest BCUT2D eigenvalue weighted by molar-refractivity contribution is 6.05. The lowest BCUT2D eigenvalue weighted by atomic mass is 9.94. The third-order valence-electron chi connectivity index (χ3n) is 10.2. The first-order valence-electron chi connectivity index (χ1n) is 17.1. The number of aromatic nitrogens is 2. The minimum absolute atomic E-state index is 0.209. The van der Waals surface area contributed by atoms with Crippen molar-refractivity contribution in [3.63, 3.8) is 0 Å². The summed E-state index contributed by atoms with van der Waals surface area (Å²) in [5.74, 6) is 0.542. The molecule has 4 aromatic rings. The van der Waals surface area contributed by atoms with Gasteiger partial charge >= 0.3 is 0 Å². The van der Waals surface area contributed by atoms with Crippen LogP contribution >= 0.6 is 0 Å². The third-order valence-corrected chi connectivity index (χ3v) is 10.2. The molecule has 5 N–H and O–H groups in total. The average molecular weight is 629 g/mol. The van der Waals surface area contributed by atoms with E-state index in [1.807, 2.05) is 68.6 Å². The number of amides is 2.